The first-order valence-corrected chi connectivity index (χ1v) is 12.8. The SMILES string of the molecule is CCCCN(c1ccccc1)C1Cc2cccc(OC)c2C2=C1C1C(C)=CC(C)(C)NC1C=C2. The van der Waals surface area contributed by atoms with Gasteiger partial charge in [0.2, 0.25) is 0 Å². The fourth-order valence-corrected chi connectivity index (χ4v) is 6.40. The van der Waals surface area contributed by atoms with Gasteiger partial charge in [-0.3, -0.25) is 0 Å². The van der Waals surface area contributed by atoms with Crippen LogP contribution in [0.1, 0.15) is 51.7 Å². The van der Waals surface area contributed by atoms with Gasteiger partial charge >= 0.3 is 0 Å². The van der Waals surface area contributed by atoms with Crippen LogP contribution < -0.4 is 15.0 Å². The van der Waals surface area contributed by atoms with Gasteiger partial charge in [0.15, 0.2) is 0 Å². The second kappa shape index (κ2) is 9.11. The number of para-hydroxylation sites is 1. The molecule has 1 N–H and O–H groups in total. The normalized spacial score (nSPS) is 24.6. The highest BCUT2D eigenvalue weighted by atomic mass is 16.5. The zero-order valence-corrected chi connectivity index (χ0v) is 21.3. The van der Waals surface area contributed by atoms with Gasteiger partial charge in [0.05, 0.1) is 13.2 Å². The van der Waals surface area contributed by atoms with Gasteiger partial charge in [-0.15, -0.1) is 0 Å². The molecule has 0 spiro atoms. The third kappa shape index (κ3) is 4.01. The van der Waals surface area contributed by atoms with Gasteiger partial charge in [0, 0.05) is 35.3 Å². The van der Waals surface area contributed by atoms with Crippen LogP contribution >= 0.6 is 0 Å². The molecule has 0 aromatic heterocycles. The number of nitrogens with zero attached hydrogens (tertiary/aromatic N) is 1. The van der Waals surface area contributed by atoms with Crippen molar-refractivity contribution in [3.63, 3.8) is 0 Å². The van der Waals surface area contributed by atoms with Gasteiger partial charge in [-0.25, -0.2) is 0 Å². The third-order valence-electron chi connectivity index (χ3n) is 7.68. The lowest BCUT2D eigenvalue weighted by Gasteiger charge is -2.49. The van der Waals surface area contributed by atoms with Gasteiger partial charge in [0.1, 0.15) is 5.75 Å². The van der Waals surface area contributed by atoms with Crippen molar-refractivity contribution in [3.8, 4) is 5.75 Å². The molecule has 0 bridgehead atoms. The molecule has 3 heteroatoms. The molecular weight excluding hydrogens is 416 g/mol. The summed E-state index contributed by atoms with van der Waals surface area (Å²) in [5.74, 6) is 1.33. The molecule has 2 aromatic rings. The van der Waals surface area contributed by atoms with Crippen molar-refractivity contribution in [2.75, 3.05) is 18.6 Å². The van der Waals surface area contributed by atoms with Crippen molar-refractivity contribution in [2.24, 2.45) is 5.92 Å². The Hall–Kier alpha value is -2.78. The number of allylic oxidation sites excluding steroid dienone is 2. The van der Waals surface area contributed by atoms with E-state index in [4.69, 9.17) is 4.74 Å². The maximum absolute atomic E-state index is 5.89. The standard InChI is InChI=1S/C31H38N2O/c1-6-7-18-33(23-13-9-8-10-14-23)26-19-22-12-11-15-27(34-5)29(22)24-16-17-25-28(30(24)26)21(2)20-31(3,4)32-25/h8-17,20,25-26,28,32H,6-7,18-19H2,1-5H3. The summed E-state index contributed by atoms with van der Waals surface area (Å²) >= 11 is 0. The van der Waals surface area contributed by atoms with Crippen molar-refractivity contribution in [2.45, 2.75) is 64.6 Å². The summed E-state index contributed by atoms with van der Waals surface area (Å²) in [7, 11) is 1.80. The minimum atomic E-state index is -0.00522. The minimum absolute atomic E-state index is 0.00522. The molecule has 5 rings (SSSR count). The maximum Gasteiger partial charge on any atom is 0.126 e. The Morgan fingerprint density at radius 3 is 2.62 bits per heavy atom. The predicted molar refractivity (Wildman–Crippen MR) is 143 cm³/mol. The van der Waals surface area contributed by atoms with Crippen LogP contribution in [0.3, 0.4) is 0 Å². The number of nitrogens with one attached hydrogen (secondary N) is 1. The molecule has 3 atom stereocenters. The topological polar surface area (TPSA) is 24.5 Å². The summed E-state index contributed by atoms with van der Waals surface area (Å²) in [6.07, 6.45) is 10.6. The second-order valence-corrected chi connectivity index (χ2v) is 10.6. The minimum Gasteiger partial charge on any atom is -0.496 e. The van der Waals surface area contributed by atoms with Crippen LogP contribution in [-0.2, 0) is 6.42 Å². The summed E-state index contributed by atoms with van der Waals surface area (Å²) in [6.45, 7) is 10.2. The number of fused-ring (bicyclic) bond motifs is 4. The molecule has 34 heavy (non-hydrogen) atoms. The lowest BCUT2D eigenvalue weighted by molar-refractivity contribution is 0.348. The monoisotopic (exact) mass is 454 g/mol. The molecule has 1 aliphatic heterocycles. The quantitative estimate of drug-likeness (QED) is 0.500. The number of unbranched alkanes of at least 4 members (excludes halogenated alkanes) is 1. The Balaban J connectivity index is 1.72. The van der Waals surface area contributed by atoms with Crippen molar-refractivity contribution in [1.29, 1.82) is 0 Å². The van der Waals surface area contributed by atoms with E-state index < -0.39 is 0 Å². The van der Waals surface area contributed by atoms with Gasteiger partial charge in [-0.1, -0.05) is 67.5 Å². The number of hydrogen-bond donors (Lipinski definition) is 1. The number of ether oxygens (including phenoxy) is 1. The number of benzene rings is 2. The van der Waals surface area contributed by atoms with Crippen LogP contribution in [0.2, 0.25) is 0 Å². The van der Waals surface area contributed by atoms with Gasteiger partial charge in [-0.2, -0.15) is 0 Å². The highest BCUT2D eigenvalue weighted by Crippen LogP contribution is 2.49. The lowest BCUT2D eigenvalue weighted by atomic mass is 9.67. The summed E-state index contributed by atoms with van der Waals surface area (Å²) in [5.41, 5.74) is 8.35. The largest absolute Gasteiger partial charge is 0.496 e. The first kappa shape index (κ1) is 23.0. The molecule has 3 nitrogen and oxygen atoms in total. The smallest absolute Gasteiger partial charge is 0.126 e. The van der Waals surface area contributed by atoms with E-state index in [1.165, 1.54) is 40.8 Å². The Bertz CT molecular complexity index is 1140. The van der Waals surface area contributed by atoms with Crippen molar-refractivity contribution in [1.82, 2.24) is 5.32 Å². The number of anilines is 1. The molecule has 0 radical (unpaired) electrons. The van der Waals surface area contributed by atoms with E-state index in [0.29, 0.717) is 18.0 Å². The molecule has 1 heterocycles. The van der Waals surface area contributed by atoms with Crippen LogP contribution in [0, 0.1) is 5.92 Å². The molecule has 0 amide bonds. The van der Waals surface area contributed by atoms with E-state index in [9.17, 15) is 0 Å². The fourth-order valence-electron chi connectivity index (χ4n) is 6.40. The Kier molecular flexibility index (Phi) is 6.16. The molecule has 3 aliphatic rings. The molecular formula is C31H38N2O. The van der Waals surface area contributed by atoms with Crippen LogP contribution in [0.4, 0.5) is 5.69 Å². The van der Waals surface area contributed by atoms with E-state index in [1.54, 1.807) is 12.7 Å². The molecule has 0 saturated heterocycles. The average Bonchev–Trinajstić information content (AvgIpc) is 2.83. The summed E-state index contributed by atoms with van der Waals surface area (Å²) < 4.78 is 5.89. The summed E-state index contributed by atoms with van der Waals surface area (Å²) in [4.78, 5) is 2.67. The van der Waals surface area contributed by atoms with Crippen LogP contribution in [0.5, 0.6) is 5.75 Å². The summed E-state index contributed by atoms with van der Waals surface area (Å²) in [6, 6.07) is 18.2. The Labute approximate surface area is 205 Å². The molecule has 0 fully saturated rings. The molecule has 2 aliphatic carbocycles. The van der Waals surface area contributed by atoms with Gasteiger partial charge in [-0.05, 0) is 68.5 Å². The Morgan fingerprint density at radius 1 is 1.09 bits per heavy atom. The van der Waals surface area contributed by atoms with E-state index in [2.05, 4.69) is 105 Å². The van der Waals surface area contributed by atoms with E-state index in [1.807, 2.05) is 0 Å². The van der Waals surface area contributed by atoms with Gasteiger partial charge < -0.3 is 15.0 Å². The van der Waals surface area contributed by atoms with Crippen LogP contribution in [-0.4, -0.2) is 31.3 Å². The first-order chi connectivity index (χ1) is 16.4. The fraction of sp³-hybridized carbons (Fsp3) is 0.419. The molecule has 0 saturated carbocycles. The second-order valence-electron chi connectivity index (χ2n) is 10.6. The molecule has 178 valence electrons. The molecule has 3 unspecified atom stereocenters. The van der Waals surface area contributed by atoms with Crippen LogP contribution in [0.25, 0.3) is 5.57 Å². The molecule has 2 aromatic carbocycles. The average molecular weight is 455 g/mol. The Morgan fingerprint density at radius 2 is 1.88 bits per heavy atom. The third-order valence-corrected chi connectivity index (χ3v) is 7.68. The highest BCUT2D eigenvalue weighted by molar-refractivity contribution is 5.87. The van der Waals surface area contributed by atoms with Crippen molar-refractivity contribution >= 4 is 11.3 Å². The number of rotatable bonds is 6. The van der Waals surface area contributed by atoms with Crippen LogP contribution in [0.15, 0.2) is 77.9 Å². The zero-order chi connectivity index (χ0) is 23.9. The van der Waals surface area contributed by atoms with Crippen molar-refractivity contribution < 1.29 is 4.74 Å². The number of hydrogen-bond acceptors (Lipinski definition) is 3. The number of methoxy groups -OCH3 is 1. The van der Waals surface area contributed by atoms with E-state index in [0.717, 1.165) is 18.7 Å². The predicted octanol–water partition coefficient (Wildman–Crippen LogP) is 6.56. The first-order valence-electron chi connectivity index (χ1n) is 12.8. The maximum atomic E-state index is 5.89. The van der Waals surface area contributed by atoms with E-state index >= 15 is 0 Å². The van der Waals surface area contributed by atoms with E-state index in [-0.39, 0.29) is 5.54 Å². The zero-order valence-electron chi connectivity index (χ0n) is 21.3. The van der Waals surface area contributed by atoms with Gasteiger partial charge in [0.25, 0.3) is 0 Å². The summed E-state index contributed by atoms with van der Waals surface area (Å²) in [5, 5.41) is 3.91. The highest BCUT2D eigenvalue weighted by Gasteiger charge is 2.43. The lowest BCUT2D eigenvalue weighted by Crippen LogP contribution is -2.55. The van der Waals surface area contributed by atoms with Crippen molar-refractivity contribution in [3.05, 3.63) is 89.0 Å².